The zero-order valence-corrected chi connectivity index (χ0v) is 7.22. The van der Waals surface area contributed by atoms with Gasteiger partial charge in [-0.25, -0.2) is 0 Å². The summed E-state index contributed by atoms with van der Waals surface area (Å²) < 4.78 is 0. The van der Waals surface area contributed by atoms with Crippen LogP contribution < -0.4 is 0 Å². The van der Waals surface area contributed by atoms with Crippen LogP contribution >= 0.6 is 0 Å². The molecule has 0 spiro atoms. The number of aliphatic hydroxyl groups is 1. The maximum atomic E-state index is 9.28. The summed E-state index contributed by atoms with van der Waals surface area (Å²) in [6.45, 7) is 5.79. The molecular weight excluding hydrogens is 124 g/mol. The minimum absolute atomic E-state index is 0.502. The fraction of sp³-hybridized carbons (Fsp3) is 0.778. The van der Waals surface area contributed by atoms with Crippen LogP contribution in [0, 0.1) is 0 Å². The first-order chi connectivity index (χ1) is 4.56. The van der Waals surface area contributed by atoms with Gasteiger partial charge >= 0.3 is 0 Å². The van der Waals surface area contributed by atoms with Crippen LogP contribution in [0.4, 0.5) is 0 Å². The maximum Gasteiger partial charge on any atom is 0.0594 e. The van der Waals surface area contributed by atoms with Gasteiger partial charge in [-0.15, -0.1) is 0 Å². The average molecular weight is 142 g/mol. The molecule has 0 rings (SSSR count). The third kappa shape index (κ3) is 7.70. The van der Waals surface area contributed by atoms with E-state index in [0.717, 1.165) is 19.3 Å². The smallest absolute Gasteiger partial charge is 0.0594 e. The van der Waals surface area contributed by atoms with E-state index in [1.165, 1.54) is 0 Å². The summed E-state index contributed by atoms with van der Waals surface area (Å²) in [5, 5.41) is 9.28. The second-order valence-electron chi connectivity index (χ2n) is 3.23. The molecule has 0 aliphatic heterocycles. The van der Waals surface area contributed by atoms with Gasteiger partial charge in [-0.1, -0.05) is 19.1 Å². The molecule has 0 aromatic rings. The van der Waals surface area contributed by atoms with Crippen LogP contribution in [-0.4, -0.2) is 10.7 Å². The van der Waals surface area contributed by atoms with E-state index >= 15 is 0 Å². The Morgan fingerprint density at radius 3 is 2.30 bits per heavy atom. The van der Waals surface area contributed by atoms with Gasteiger partial charge in [-0.2, -0.15) is 0 Å². The first-order valence-corrected chi connectivity index (χ1v) is 3.93. The van der Waals surface area contributed by atoms with Crippen molar-refractivity contribution in [2.45, 2.75) is 45.6 Å². The monoisotopic (exact) mass is 142 g/mol. The molecule has 0 aliphatic rings. The van der Waals surface area contributed by atoms with Crippen LogP contribution in [0.25, 0.3) is 0 Å². The molecule has 0 unspecified atom stereocenters. The fourth-order valence-electron chi connectivity index (χ4n) is 0.721. The first kappa shape index (κ1) is 9.70. The SMILES string of the molecule is CC/C=C/CCC(C)(C)O. The van der Waals surface area contributed by atoms with Crippen molar-refractivity contribution in [1.82, 2.24) is 0 Å². The lowest BCUT2D eigenvalue weighted by Crippen LogP contribution is -2.17. The molecule has 1 nitrogen and oxygen atoms in total. The van der Waals surface area contributed by atoms with Crippen molar-refractivity contribution in [1.29, 1.82) is 0 Å². The lowest BCUT2D eigenvalue weighted by molar-refractivity contribution is 0.0721. The minimum atomic E-state index is -0.502. The molecule has 0 aliphatic carbocycles. The number of hydrogen-bond donors (Lipinski definition) is 1. The average Bonchev–Trinajstić information content (AvgIpc) is 1.78. The van der Waals surface area contributed by atoms with Gasteiger partial charge in [0.1, 0.15) is 0 Å². The van der Waals surface area contributed by atoms with Gasteiger partial charge in [-0.3, -0.25) is 0 Å². The van der Waals surface area contributed by atoms with E-state index in [0.29, 0.717) is 0 Å². The first-order valence-electron chi connectivity index (χ1n) is 3.93. The van der Waals surface area contributed by atoms with E-state index < -0.39 is 5.60 Å². The Balaban J connectivity index is 3.28. The zero-order chi connectivity index (χ0) is 8.04. The molecule has 0 atom stereocenters. The van der Waals surface area contributed by atoms with Gasteiger partial charge in [0.2, 0.25) is 0 Å². The molecule has 10 heavy (non-hydrogen) atoms. The molecule has 0 amide bonds. The molecular formula is C9H18O. The van der Waals surface area contributed by atoms with Crippen LogP contribution in [-0.2, 0) is 0 Å². The Morgan fingerprint density at radius 1 is 1.30 bits per heavy atom. The van der Waals surface area contributed by atoms with Crippen molar-refractivity contribution in [2.24, 2.45) is 0 Å². The van der Waals surface area contributed by atoms with Crippen molar-refractivity contribution >= 4 is 0 Å². The molecule has 0 saturated heterocycles. The van der Waals surface area contributed by atoms with Crippen molar-refractivity contribution in [3.05, 3.63) is 12.2 Å². The fourth-order valence-corrected chi connectivity index (χ4v) is 0.721. The summed E-state index contributed by atoms with van der Waals surface area (Å²) in [4.78, 5) is 0. The van der Waals surface area contributed by atoms with E-state index in [1.807, 2.05) is 13.8 Å². The molecule has 0 saturated carbocycles. The maximum absolute atomic E-state index is 9.28. The van der Waals surface area contributed by atoms with Crippen LogP contribution in [0.5, 0.6) is 0 Å². The third-order valence-electron chi connectivity index (χ3n) is 1.33. The summed E-state index contributed by atoms with van der Waals surface area (Å²) in [5.41, 5.74) is -0.502. The second-order valence-corrected chi connectivity index (χ2v) is 3.23. The summed E-state index contributed by atoms with van der Waals surface area (Å²) in [7, 11) is 0. The van der Waals surface area contributed by atoms with Crippen LogP contribution in [0.3, 0.4) is 0 Å². The quantitative estimate of drug-likeness (QED) is 0.598. The van der Waals surface area contributed by atoms with Crippen LogP contribution in [0.1, 0.15) is 40.0 Å². The van der Waals surface area contributed by atoms with E-state index in [1.54, 1.807) is 0 Å². The highest BCUT2D eigenvalue weighted by atomic mass is 16.3. The minimum Gasteiger partial charge on any atom is -0.390 e. The Bertz CT molecular complexity index is 97.8. The molecule has 60 valence electrons. The van der Waals surface area contributed by atoms with E-state index in [9.17, 15) is 5.11 Å². The highest BCUT2D eigenvalue weighted by Crippen LogP contribution is 2.10. The van der Waals surface area contributed by atoms with E-state index in [2.05, 4.69) is 19.1 Å². The molecule has 0 radical (unpaired) electrons. The topological polar surface area (TPSA) is 20.2 Å². The number of hydrogen-bond acceptors (Lipinski definition) is 1. The normalized spacial score (nSPS) is 12.8. The number of allylic oxidation sites excluding steroid dienone is 2. The number of rotatable bonds is 4. The molecule has 0 fully saturated rings. The summed E-state index contributed by atoms with van der Waals surface area (Å²) >= 11 is 0. The van der Waals surface area contributed by atoms with Crippen molar-refractivity contribution in [3.8, 4) is 0 Å². The van der Waals surface area contributed by atoms with E-state index in [4.69, 9.17) is 0 Å². The predicted octanol–water partition coefficient (Wildman–Crippen LogP) is 2.50. The van der Waals surface area contributed by atoms with Gasteiger partial charge in [0.25, 0.3) is 0 Å². The second kappa shape index (κ2) is 4.51. The molecule has 0 bridgehead atoms. The standard InChI is InChI=1S/C9H18O/c1-4-5-6-7-8-9(2,3)10/h5-6,10H,4,7-8H2,1-3H3/b6-5+. The van der Waals surface area contributed by atoms with Gasteiger partial charge in [0.15, 0.2) is 0 Å². The van der Waals surface area contributed by atoms with Gasteiger partial charge < -0.3 is 5.11 Å². The largest absolute Gasteiger partial charge is 0.390 e. The lowest BCUT2D eigenvalue weighted by Gasteiger charge is -2.14. The highest BCUT2D eigenvalue weighted by molar-refractivity contribution is 4.82. The Morgan fingerprint density at radius 2 is 1.90 bits per heavy atom. The Labute approximate surface area is 63.8 Å². The summed E-state index contributed by atoms with van der Waals surface area (Å²) in [6.07, 6.45) is 7.18. The molecule has 0 aromatic heterocycles. The zero-order valence-electron chi connectivity index (χ0n) is 7.22. The Hall–Kier alpha value is -0.300. The molecule has 1 heteroatoms. The van der Waals surface area contributed by atoms with Crippen LogP contribution in [0.2, 0.25) is 0 Å². The van der Waals surface area contributed by atoms with Crippen LogP contribution in [0.15, 0.2) is 12.2 Å². The predicted molar refractivity (Wildman–Crippen MR) is 45.0 cm³/mol. The molecule has 1 N–H and O–H groups in total. The summed E-state index contributed by atoms with van der Waals surface area (Å²) in [6, 6.07) is 0. The lowest BCUT2D eigenvalue weighted by atomic mass is 10.0. The molecule has 0 aromatic carbocycles. The van der Waals surface area contributed by atoms with Gasteiger partial charge in [0, 0.05) is 0 Å². The van der Waals surface area contributed by atoms with Gasteiger partial charge in [0.05, 0.1) is 5.60 Å². The van der Waals surface area contributed by atoms with Crippen molar-refractivity contribution in [2.75, 3.05) is 0 Å². The van der Waals surface area contributed by atoms with E-state index in [-0.39, 0.29) is 0 Å². The van der Waals surface area contributed by atoms with Gasteiger partial charge in [-0.05, 0) is 33.1 Å². The van der Waals surface area contributed by atoms with Crippen molar-refractivity contribution in [3.63, 3.8) is 0 Å². The summed E-state index contributed by atoms with van der Waals surface area (Å²) in [5.74, 6) is 0. The Kier molecular flexibility index (Phi) is 4.37. The highest BCUT2D eigenvalue weighted by Gasteiger charge is 2.09. The third-order valence-corrected chi connectivity index (χ3v) is 1.33. The van der Waals surface area contributed by atoms with Crippen molar-refractivity contribution < 1.29 is 5.11 Å². The molecule has 0 heterocycles.